The fourth-order valence-corrected chi connectivity index (χ4v) is 4.16. The fraction of sp³-hybridized carbons (Fsp3) is 0.571. The van der Waals surface area contributed by atoms with E-state index < -0.39 is 17.7 Å². The van der Waals surface area contributed by atoms with E-state index in [0.29, 0.717) is 51.9 Å². The summed E-state index contributed by atoms with van der Waals surface area (Å²) in [5.41, 5.74) is 5.55. The first-order valence-corrected chi connectivity index (χ1v) is 10.3. The Labute approximate surface area is 174 Å². The van der Waals surface area contributed by atoms with Gasteiger partial charge in [-0.05, 0) is 57.8 Å². The number of primary amides is 1. The van der Waals surface area contributed by atoms with Crippen molar-refractivity contribution in [3.8, 4) is 0 Å². The summed E-state index contributed by atoms with van der Waals surface area (Å²) < 4.78 is 26.4. The van der Waals surface area contributed by atoms with Crippen LogP contribution in [0.5, 0.6) is 0 Å². The van der Waals surface area contributed by atoms with Crippen LogP contribution in [0, 0.1) is 23.5 Å². The summed E-state index contributed by atoms with van der Waals surface area (Å²) in [7, 11) is 0. The Morgan fingerprint density at radius 3 is 2.17 bits per heavy atom. The zero-order valence-electron chi connectivity index (χ0n) is 17.1. The van der Waals surface area contributed by atoms with Crippen molar-refractivity contribution in [1.29, 1.82) is 0 Å². The van der Waals surface area contributed by atoms with Gasteiger partial charge in [0.2, 0.25) is 17.7 Å². The van der Waals surface area contributed by atoms with Crippen molar-refractivity contribution in [3.63, 3.8) is 0 Å². The number of halogens is 2. The molecule has 2 aliphatic heterocycles. The summed E-state index contributed by atoms with van der Waals surface area (Å²) >= 11 is 0. The number of nitrogens with two attached hydrogens (primary N) is 1. The Kier molecular flexibility index (Phi) is 7.02. The molecule has 7 nitrogen and oxygen atoms in total. The third kappa shape index (κ3) is 5.13. The number of piperidine rings is 2. The Hall–Kier alpha value is -2.55. The van der Waals surface area contributed by atoms with Crippen molar-refractivity contribution in [3.05, 3.63) is 29.8 Å². The highest BCUT2D eigenvalue weighted by Gasteiger charge is 2.34. The molecule has 2 aliphatic rings. The van der Waals surface area contributed by atoms with E-state index >= 15 is 0 Å². The van der Waals surface area contributed by atoms with Gasteiger partial charge < -0.3 is 16.0 Å². The van der Waals surface area contributed by atoms with Crippen LogP contribution in [-0.2, 0) is 14.4 Å². The van der Waals surface area contributed by atoms with Gasteiger partial charge in [0.15, 0.2) is 11.6 Å². The van der Waals surface area contributed by atoms with Crippen molar-refractivity contribution in [2.45, 2.75) is 38.6 Å². The van der Waals surface area contributed by atoms with E-state index in [4.69, 9.17) is 5.73 Å². The number of nitrogens with zero attached hydrogens (tertiary/aromatic N) is 2. The zero-order valence-corrected chi connectivity index (χ0v) is 17.1. The van der Waals surface area contributed by atoms with Gasteiger partial charge in [0, 0.05) is 36.7 Å². The predicted molar refractivity (Wildman–Crippen MR) is 107 cm³/mol. The summed E-state index contributed by atoms with van der Waals surface area (Å²) in [5.74, 6) is -2.72. The van der Waals surface area contributed by atoms with Crippen LogP contribution >= 0.6 is 0 Å². The second-order valence-corrected chi connectivity index (χ2v) is 8.11. The zero-order chi connectivity index (χ0) is 21.8. The van der Waals surface area contributed by atoms with Crippen LogP contribution in [0.25, 0.3) is 0 Å². The highest BCUT2D eigenvalue weighted by Crippen LogP contribution is 2.25. The molecule has 0 bridgehead atoms. The molecule has 0 saturated carbocycles. The van der Waals surface area contributed by atoms with E-state index in [1.54, 1.807) is 6.92 Å². The quantitative estimate of drug-likeness (QED) is 0.755. The summed E-state index contributed by atoms with van der Waals surface area (Å²) in [6.07, 6.45) is 2.52. The molecule has 1 aromatic rings. The second-order valence-electron chi connectivity index (χ2n) is 8.11. The fourth-order valence-electron chi connectivity index (χ4n) is 4.16. The van der Waals surface area contributed by atoms with Crippen molar-refractivity contribution in [1.82, 2.24) is 9.80 Å². The molecule has 0 radical (unpaired) electrons. The maximum absolute atomic E-state index is 13.3. The summed E-state index contributed by atoms with van der Waals surface area (Å²) in [4.78, 5) is 40.3. The molecular formula is C21H28F2N4O3. The van der Waals surface area contributed by atoms with Crippen LogP contribution in [0.2, 0.25) is 0 Å². The van der Waals surface area contributed by atoms with E-state index in [1.165, 1.54) is 6.07 Å². The monoisotopic (exact) mass is 422 g/mol. The number of hydrogen-bond donors (Lipinski definition) is 2. The van der Waals surface area contributed by atoms with Gasteiger partial charge in [0.05, 0.1) is 6.04 Å². The highest BCUT2D eigenvalue weighted by molar-refractivity contribution is 5.94. The molecule has 164 valence electrons. The number of hydrogen-bond acceptors (Lipinski definition) is 4. The number of anilines is 1. The molecule has 1 aromatic carbocycles. The van der Waals surface area contributed by atoms with E-state index in [9.17, 15) is 23.2 Å². The molecule has 9 heteroatoms. The van der Waals surface area contributed by atoms with E-state index in [-0.39, 0.29) is 35.2 Å². The number of benzene rings is 1. The normalized spacial score (nSPS) is 20.0. The van der Waals surface area contributed by atoms with Gasteiger partial charge in [-0.1, -0.05) is 0 Å². The molecule has 3 amide bonds. The second kappa shape index (κ2) is 9.51. The van der Waals surface area contributed by atoms with Crippen molar-refractivity contribution in [2.24, 2.45) is 17.6 Å². The Bertz CT molecular complexity index is 803. The molecule has 2 fully saturated rings. The van der Waals surface area contributed by atoms with Crippen LogP contribution in [0.3, 0.4) is 0 Å². The number of carbonyl (C=O) groups excluding carboxylic acids is 3. The molecular weight excluding hydrogens is 394 g/mol. The van der Waals surface area contributed by atoms with Crippen LogP contribution < -0.4 is 11.1 Å². The standard InChI is InChI=1S/C21H28F2N4O3/c1-13(20(29)25-16-2-3-17(22)18(23)12-16)26-8-6-15(7-9-26)21(30)27-10-4-14(5-11-27)19(24)28/h2-3,12-15H,4-11H2,1H3,(H2,24,28)(H,25,29)/t13-/m1/s1. The minimum atomic E-state index is -1.01. The topological polar surface area (TPSA) is 95.7 Å². The van der Waals surface area contributed by atoms with Crippen molar-refractivity contribution >= 4 is 23.4 Å². The van der Waals surface area contributed by atoms with Gasteiger partial charge in [-0.2, -0.15) is 0 Å². The molecule has 2 saturated heterocycles. The molecule has 2 heterocycles. The first-order chi connectivity index (χ1) is 14.3. The predicted octanol–water partition coefficient (Wildman–Crippen LogP) is 1.73. The Morgan fingerprint density at radius 1 is 1.00 bits per heavy atom. The SMILES string of the molecule is C[C@H](C(=O)Nc1ccc(F)c(F)c1)N1CCC(C(=O)N2CCC(C(N)=O)CC2)CC1. The molecule has 0 aliphatic carbocycles. The lowest BCUT2D eigenvalue weighted by Crippen LogP contribution is -2.50. The van der Waals surface area contributed by atoms with Gasteiger partial charge in [-0.25, -0.2) is 8.78 Å². The highest BCUT2D eigenvalue weighted by atomic mass is 19.2. The minimum Gasteiger partial charge on any atom is -0.369 e. The third-order valence-corrected chi connectivity index (χ3v) is 6.20. The summed E-state index contributed by atoms with van der Waals surface area (Å²) in [6, 6.07) is 2.78. The summed E-state index contributed by atoms with van der Waals surface area (Å²) in [5, 5.41) is 2.61. The number of likely N-dealkylation sites (tertiary alicyclic amines) is 2. The van der Waals surface area contributed by atoms with Crippen molar-refractivity contribution in [2.75, 3.05) is 31.5 Å². The molecule has 3 rings (SSSR count). The molecule has 1 atom stereocenters. The van der Waals surface area contributed by atoms with E-state index in [1.807, 2.05) is 9.80 Å². The number of nitrogens with one attached hydrogen (secondary N) is 1. The maximum Gasteiger partial charge on any atom is 0.241 e. The maximum atomic E-state index is 13.3. The van der Waals surface area contributed by atoms with Gasteiger partial charge in [0.1, 0.15) is 0 Å². The third-order valence-electron chi connectivity index (χ3n) is 6.20. The van der Waals surface area contributed by atoms with Crippen LogP contribution in [0.15, 0.2) is 18.2 Å². The Balaban J connectivity index is 1.47. The lowest BCUT2D eigenvalue weighted by molar-refractivity contribution is -0.140. The molecule has 30 heavy (non-hydrogen) atoms. The first kappa shape index (κ1) is 22.1. The largest absolute Gasteiger partial charge is 0.369 e. The first-order valence-electron chi connectivity index (χ1n) is 10.3. The lowest BCUT2D eigenvalue weighted by atomic mass is 9.91. The number of carbonyl (C=O) groups is 3. The van der Waals surface area contributed by atoms with Gasteiger partial charge in [-0.15, -0.1) is 0 Å². The van der Waals surface area contributed by atoms with Gasteiger partial charge in [-0.3, -0.25) is 19.3 Å². The van der Waals surface area contributed by atoms with Gasteiger partial charge >= 0.3 is 0 Å². The Morgan fingerprint density at radius 2 is 1.60 bits per heavy atom. The van der Waals surface area contributed by atoms with Gasteiger partial charge in [0.25, 0.3) is 0 Å². The molecule has 0 spiro atoms. The molecule has 0 aromatic heterocycles. The number of amides is 3. The number of rotatable bonds is 5. The van der Waals surface area contributed by atoms with E-state index in [0.717, 1.165) is 12.1 Å². The smallest absolute Gasteiger partial charge is 0.241 e. The van der Waals surface area contributed by atoms with Crippen LogP contribution in [-0.4, -0.2) is 59.7 Å². The molecule has 0 unspecified atom stereocenters. The molecule has 3 N–H and O–H groups in total. The van der Waals surface area contributed by atoms with Crippen molar-refractivity contribution < 1.29 is 23.2 Å². The lowest BCUT2D eigenvalue weighted by Gasteiger charge is -2.38. The summed E-state index contributed by atoms with van der Waals surface area (Å²) in [6.45, 7) is 4.06. The van der Waals surface area contributed by atoms with E-state index in [2.05, 4.69) is 5.32 Å². The average molecular weight is 422 g/mol. The minimum absolute atomic E-state index is 0.0900. The average Bonchev–Trinajstić information content (AvgIpc) is 2.75. The van der Waals surface area contributed by atoms with Crippen LogP contribution in [0.1, 0.15) is 32.6 Å². The van der Waals surface area contributed by atoms with Crippen LogP contribution in [0.4, 0.5) is 14.5 Å².